The summed E-state index contributed by atoms with van der Waals surface area (Å²) in [6.07, 6.45) is 0.877. The summed E-state index contributed by atoms with van der Waals surface area (Å²) >= 11 is 0. The zero-order chi connectivity index (χ0) is 12.9. The van der Waals surface area contributed by atoms with Crippen molar-refractivity contribution < 1.29 is 24.5 Å². The fourth-order valence-electron chi connectivity index (χ4n) is 1.92. The molecule has 2 unspecified atom stereocenters. The van der Waals surface area contributed by atoms with Gasteiger partial charge in [-0.25, -0.2) is 9.59 Å². The van der Waals surface area contributed by atoms with Crippen molar-refractivity contribution in [3.05, 3.63) is 0 Å². The fraction of sp³-hybridized carbons (Fsp3) is 0.818. The van der Waals surface area contributed by atoms with E-state index in [0.29, 0.717) is 6.42 Å². The molecule has 0 aliphatic heterocycles. The lowest BCUT2D eigenvalue weighted by Gasteiger charge is -2.24. The van der Waals surface area contributed by atoms with Crippen molar-refractivity contribution >= 4 is 12.1 Å². The van der Waals surface area contributed by atoms with Gasteiger partial charge in [0, 0.05) is 6.42 Å². The second-order valence-corrected chi connectivity index (χ2v) is 4.40. The van der Waals surface area contributed by atoms with Gasteiger partial charge in [0.05, 0.1) is 12.7 Å². The Morgan fingerprint density at radius 1 is 1.53 bits per heavy atom. The number of alkyl carbamates (subject to hydrolysis) is 1. The van der Waals surface area contributed by atoms with Gasteiger partial charge in [0.1, 0.15) is 5.54 Å². The van der Waals surface area contributed by atoms with Crippen LogP contribution in [0.4, 0.5) is 4.79 Å². The average molecular weight is 245 g/mol. The quantitative estimate of drug-likeness (QED) is 0.625. The maximum Gasteiger partial charge on any atom is 0.408 e. The van der Waals surface area contributed by atoms with Gasteiger partial charge >= 0.3 is 12.1 Å². The van der Waals surface area contributed by atoms with Crippen LogP contribution < -0.4 is 5.32 Å². The van der Waals surface area contributed by atoms with Crippen LogP contribution in [0.25, 0.3) is 0 Å². The molecular weight excluding hydrogens is 226 g/mol. The molecule has 3 N–H and O–H groups in total. The van der Waals surface area contributed by atoms with Gasteiger partial charge in [-0.1, -0.05) is 13.3 Å². The van der Waals surface area contributed by atoms with E-state index in [9.17, 15) is 14.7 Å². The highest BCUT2D eigenvalue weighted by Gasteiger charge is 2.46. The Kier molecular flexibility index (Phi) is 4.74. The number of unbranched alkanes of at least 4 members (excludes halogenated alkanes) is 1. The highest BCUT2D eigenvalue weighted by Crippen LogP contribution is 2.30. The van der Waals surface area contributed by atoms with Crippen molar-refractivity contribution in [2.45, 2.75) is 50.7 Å². The molecular formula is C11H19NO5. The summed E-state index contributed by atoms with van der Waals surface area (Å²) in [6.45, 7) is 2.24. The second-order valence-electron chi connectivity index (χ2n) is 4.40. The standard InChI is InChI=1S/C11H19NO5/c1-2-3-6-17-10(16)12-11(9(14)15)5-4-8(13)7-11/h8,13H,2-7H2,1H3,(H,12,16)(H,14,15). The SMILES string of the molecule is CCCCOC(=O)NC1(C(=O)O)CCC(O)C1. The third kappa shape index (κ3) is 3.59. The summed E-state index contributed by atoms with van der Waals surface area (Å²) in [6, 6.07) is 0. The van der Waals surface area contributed by atoms with E-state index in [1.165, 1.54) is 0 Å². The van der Waals surface area contributed by atoms with Gasteiger partial charge in [-0.15, -0.1) is 0 Å². The van der Waals surface area contributed by atoms with Crippen molar-refractivity contribution in [2.75, 3.05) is 6.61 Å². The number of carbonyl (C=O) groups excluding carboxylic acids is 1. The summed E-state index contributed by atoms with van der Waals surface area (Å²) in [4.78, 5) is 22.6. The Balaban J connectivity index is 2.50. The summed E-state index contributed by atoms with van der Waals surface area (Å²) in [5, 5.41) is 20.9. The maximum absolute atomic E-state index is 11.4. The van der Waals surface area contributed by atoms with Gasteiger partial charge in [-0.2, -0.15) is 0 Å². The predicted octanol–water partition coefficient (Wildman–Crippen LogP) is 0.881. The molecule has 0 aromatic heterocycles. The molecule has 0 saturated heterocycles. The molecule has 0 spiro atoms. The molecule has 1 aliphatic rings. The second kappa shape index (κ2) is 5.86. The van der Waals surface area contributed by atoms with Crippen LogP contribution in [0.1, 0.15) is 39.0 Å². The summed E-state index contributed by atoms with van der Waals surface area (Å²) in [5.74, 6) is -1.12. The molecule has 0 aromatic carbocycles. The third-order valence-electron chi connectivity index (χ3n) is 2.97. The molecule has 0 heterocycles. The summed E-state index contributed by atoms with van der Waals surface area (Å²) < 4.78 is 4.86. The lowest BCUT2D eigenvalue weighted by atomic mass is 9.98. The summed E-state index contributed by atoms with van der Waals surface area (Å²) in [7, 11) is 0. The molecule has 98 valence electrons. The van der Waals surface area contributed by atoms with Crippen molar-refractivity contribution in [1.29, 1.82) is 0 Å². The van der Waals surface area contributed by atoms with Crippen molar-refractivity contribution in [3.63, 3.8) is 0 Å². The molecule has 0 bridgehead atoms. The molecule has 1 amide bonds. The Morgan fingerprint density at radius 3 is 2.71 bits per heavy atom. The molecule has 0 aromatic rings. The first-order chi connectivity index (χ1) is 8.00. The largest absolute Gasteiger partial charge is 0.480 e. The van der Waals surface area contributed by atoms with Crippen LogP contribution in [0.2, 0.25) is 0 Å². The number of aliphatic hydroxyl groups excluding tert-OH is 1. The van der Waals surface area contributed by atoms with E-state index in [1.54, 1.807) is 0 Å². The zero-order valence-corrected chi connectivity index (χ0v) is 9.94. The van der Waals surface area contributed by atoms with Gasteiger partial charge in [-0.3, -0.25) is 0 Å². The number of nitrogens with one attached hydrogen (secondary N) is 1. The van der Waals surface area contributed by atoms with E-state index < -0.39 is 23.7 Å². The normalized spacial score (nSPS) is 27.8. The molecule has 1 saturated carbocycles. The number of hydrogen-bond donors (Lipinski definition) is 3. The minimum Gasteiger partial charge on any atom is -0.480 e. The van der Waals surface area contributed by atoms with Gasteiger partial charge < -0.3 is 20.3 Å². The molecule has 0 radical (unpaired) electrons. The molecule has 1 rings (SSSR count). The van der Waals surface area contributed by atoms with E-state index in [0.717, 1.165) is 12.8 Å². The lowest BCUT2D eigenvalue weighted by molar-refractivity contribution is -0.144. The number of carboxylic acid groups (broad SMARTS) is 1. The van der Waals surface area contributed by atoms with Crippen LogP contribution in [0.15, 0.2) is 0 Å². The Hall–Kier alpha value is -1.30. The molecule has 1 aliphatic carbocycles. The number of rotatable bonds is 5. The number of ether oxygens (including phenoxy) is 1. The zero-order valence-electron chi connectivity index (χ0n) is 9.94. The van der Waals surface area contributed by atoms with E-state index in [4.69, 9.17) is 9.84 Å². The number of carbonyl (C=O) groups is 2. The number of aliphatic hydroxyl groups is 1. The first kappa shape index (κ1) is 13.8. The number of hydrogen-bond acceptors (Lipinski definition) is 4. The van der Waals surface area contributed by atoms with Gasteiger partial charge in [0.15, 0.2) is 0 Å². The first-order valence-corrected chi connectivity index (χ1v) is 5.86. The van der Waals surface area contributed by atoms with Crippen molar-refractivity contribution in [1.82, 2.24) is 5.32 Å². The molecule has 17 heavy (non-hydrogen) atoms. The molecule has 6 heteroatoms. The monoisotopic (exact) mass is 245 g/mol. The lowest BCUT2D eigenvalue weighted by Crippen LogP contribution is -2.53. The molecule has 2 atom stereocenters. The average Bonchev–Trinajstić information content (AvgIpc) is 2.61. The Morgan fingerprint density at radius 2 is 2.24 bits per heavy atom. The van der Waals surface area contributed by atoms with Crippen LogP contribution in [0, 0.1) is 0 Å². The van der Waals surface area contributed by atoms with Crippen LogP contribution in [0.3, 0.4) is 0 Å². The Labute approximate surface area is 100.0 Å². The highest BCUT2D eigenvalue weighted by atomic mass is 16.5. The summed E-state index contributed by atoms with van der Waals surface area (Å²) in [5.41, 5.74) is -1.37. The first-order valence-electron chi connectivity index (χ1n) is 5.86. The highest BCUT2D eigenvalue weighted by molar-refractivity contribution is 5.84. The van der Waals surface area contributed by atoms with E-state index in [1.807, 2.05) is 6.92 Å². The molecule has 6 nitrogen and oxygen atoms in total. The third-order valence-corrected chi connectivity index (χ3v) is 2.97. The van der Waals surface area contributed by atoms with Crippen LogP contribution in [0.5, 0.6) is 0 Å². The number of carboxylic acids is 1. The van der Waals surface area contributed by atoms with E-state index in [2.05, 4.69) is 5.32 Å². The number of amides is 1. The number of aliphatic carboxylic acids is 1. The van der Waals surface area contributed by atoms with Crippen molar-refractivity contribution in [3.8, 4) is 0 Å². The van der Waals surface area contributed by atoms with Gasteiger partial charge in [0.25, 0.3) is 0 Å². The smallest absolute Gasteiger partial charge is 0.408 e. The van der Waals surface area contributed by atoms with Gasteiger partial charge in [0.2, 0.25) is 0 Å². The minimum atomic E-state index is -1.37. The minimum absolute atomic E-state index is 0.0329. The fourth-order valence-corrected chi connectivity index (χ4v) is 1.92. The van der Waals surface area contributed by atoms with Crippen LogP contribution >= 0.6 is 0 Å². The van der Waals surface area contributed by atoms with Crippen molar-refractivity contribution in [2.24, 2.45) is 0 Å². The molecule has 1 fully saturated rings. The van der Waals surface area contributed by atoms with Crippen LogP contribution in [-0.4, -0.2) is 40.5 Å². The Bertz CT molecular complexity index is 294. The van der Waals surface area contributed by atoms with E-state index >= 15 is 0 Å². The van der Waals surface area contributed by atoms with Crippen LogP contribution in [-0.2, 0) is 9.53 Å². The maximum atomic E-state index is 11.4. The van der Waals surface area contributed by atoms with Gasteiger partial charge in [-0.05, 0) is 19.3 Å². The topological polar surface area (TPSA) is 95.9 Å². The van der Waals surface area contributed by atoms with E-state index in [-0.39, 0.29) is 19.4 Å². The predicted molar refractivity (Wildman–Crippen MR) is 59.6 cm³/mol.